The van der Waals surface area contributed by atoms with Gasteiger partial charge in [0.05, 0.1) is 6.54 Å². The molecule has 0 bridgehead atoms. The maximum Gasteiger partial charge on any atom is 0.289 e. The fourth-order valence-electron chi connectivity index (χ4n) is 1.57. The summed E-state index contributed by atoms with van der Waals surface area (Å²) >= 11 is 3.14. The van der Waals surface area contributed by atoms with Crippen molar-refractivity contribution in [3.05, 3.63) is 52.6 Å². The molecule has 1 aromatic carbocycles. The summed E-state index contributed by atoms with van der Waals surface area (Å²) in [6.07, 6.45) is 0. The van der Waals surface area contributed by atoms with Gasteiger partial charge in [0.1, 0.15) is 6.61 Å². The van der Waals surface area contributed by atoms with Crippen LogP contribution in [-0.4, -0.2) is 31.0 Å². The molecule has 4 nitrogen and oxygen atoms in total. The zero-order valence-electron chi connectivity index (χ0n) is 10.8. The minimum absolute atomic E-state index is 0.175. The SMILES string of the molecule is CN(CCOc1ccccc1F)C(=O)c1ccc(Br)o1. The van der Waals surface area contributed by atoms with Gasteiger partial charge in [0, 0.05) is 7.05 Å². The fraction of sp³-hybridized carbons (Fsp3) is 0.214. The van der Waals surface area contributed by atoms with Crippen molar-refractivity contribution in [2.45, 2.75) is 0 Å². The molecule has 0 saturated heterocycles. The van der Waals surface area contributed by atoms with Gasteiger partial charge in [0.15, 0.2) is 22.0 Å². The summed E-state index contributed by atoms with van der Waals surface area (Å²) in [4.78, 5) is 13.4. The number of furan rings is 1. The van der Waals surface area contributed by atoms with Crippen LogP contribution < -0.4 is 4.74 Å². The molecule has 0 atom stereocenters. The number of rotatable bonds is 5. The maximum absolute atomic E-state index is 13.3. The molecule has 0 fully saturated rings. The first kappa shape index (κ1) is 14.6. The van der Waals surface area contributed by atoms with Gasteiger partial charge < -0.3 is 14.1 Å². The molecule has 0 saturated carbocycles. The van der Waals surface area contributed by atoms with Gasteiger partial charge in [-0.1, -0.05) is 12.1 Å². The number of likely N-dealkylation sites (N-methyl/N-ethyl adjacent to an activating group) is 1. The molecule has 2 rings (SSSR count). The largest absolute Gasteiger partial charge is 0.489 e. The quantitative estimate of drug-likeness (QED) is 0.837. The van der Waals surface area contributed by atoms with Crippen LogP contribution in [0.2, 0.25) is 0 Å². The highest BCUT2D eigenvalue weighted by molar-refractivity contribution is 9.10. The molecular weight excluding hydrogens is 329 g/mol. The van der Waals surface area contributed by atoms with E-state index in [0.717, 1.165) is 0 Å². The van der Waals surface area contributed by atoms with Crippen LogP contribution >= 0.6 is 15.9 Å². The van der Waals surface area contributed by atoms with E-state index in [9.17, 15) is 9.18 Å². The summed E-state index contributed by atoms with van der Waals surface area (Å²) < 4.78 is 24.3. The van der Waals surface area contributed by atoms with Crippen molar-refractivity contribution < 1.29 is 18.3 Å². The smallest absolute Gasteiger partial charge is 0.289 e. The Balaban J connectivity index is 1.85. The Kier molecular flexibility index (Phi) is 4.79. The Bertz CT molecular complexity index is 600. The zero-order chi connectivity index (χ0) is 14.5. The number of para-hydroxylation sites is 1. The molecule has 0 aliphatic carbocycles. The van der Waals surface area contributed by atoms with Gasteiger partial charge in [0.25, 0.3) is 5.91 Å². The van der Waals surface area contributed by atoms with Gasteiger partial charge in [-0.3, -0.25) is 4.79 Å². The van der Waals surface area contributed by atoms with Crippen molar-refractivity contribution in [1.82, 2.24) is 4.90 Å². The fourth-order valence-corrected chi connectivity index (χ4v) is 1.88. The van der Waals surface area contributed by atoms with Crippen molar-refractivity contribution in [3.63, 3.8) is 0 Å². The van der Waals surface area contributed by atoms with Crippen LogP contribution in [-0.2, 0) is 0 Å². The van der Waals surface area contributed by atoms with Crippen LogP contribution in [0.15, 0.2) is 45.5 Å². The van der Waals surface area contributed by atoms with E-state index in [-0.39, 0.29) is 24.0 Å². The standard InChI is InChI=1S/C14H13BrFNO3/c1-17(14(18)12-6-7-13(15)20-12)8-9-19-11-5-3-2-4-10(11)16/h2-7H,8-9H2,1H3. The van der Waals surface area contributed by atoms with Crippen LogP contribution in [0.3, 0.4) is 0 Å². The zero-order valence-corrected chi connectivity index (χ0v) is 12.4. The second kappa shape index (κ2) is 6.56. The summed E-state index contributed by atoms with van der Waals surface area (Å²) in [6, 6.07) is 9.38. The number of hydrogen-bond acceptors (Lipinski definition) is 3. The molecule has 0 unspecified atom stereocenters. The minimum Gasteiger partial charge on any atom is -0.489 e. The number of carbonyl (C=O) groups is 1. The van der Waals surface area contributed by atoms with Crippen molar-refractivity contribution in [2.75, 3.05) is 20.2 Å². The summed E-state index contributed by atoms with van der Waals surface area (Å²) in [7, 11) is 1.63. The van der Waals surface area contributed by atoms with Gasteiger partial charge >= 0.3 is 0 Å². The molecule has 0 aliphatic heterocycles. The predicted octanol–water partition coefficient (Wildman–Crippen LogP) is 3.33. The van der Waals surface area contributed by atoms with Crippen molar-refractivity contribution in [1.29, 1.82) is 0 Å². The average Bonchev–Trinajstić information content (AvgIpc) is 2.86. The Morgan fingerprint density at radius 3 is 2.75 bits per heavy atom. The first-order valence-electron chi connectivity index (χ1n) is 5.96. The molecule has 0 aliphatic rings. The molecule has 1 heterocycles. The lowest BCUT2D eigenvalue weighted by atomic mass is 10.3. The summed E-state index contributed by atoms with van der Waals surface area (Å²) in [6.45, 7) is 0.524. The Morgan fingerprint density at radius 1 is 1.35 bits per heavy atom. The van der Waals surface area contributed by atoms with Crippen molar-refractivity contribution in [2.24, 2.45) is 0 Å². The molecule has 0 radical (unpaired) electrons. The first-order chi connectivity index (χ1) is 9.58. The second-order valence-corrected chi connectivity index (χ2v) is 4.89. The lowest BCUT2D eigenvalue weighted by molar-refractivity contribution is 0.0740. The highest BCUT2D eigenvalue weighted by Gasteiger charge is 2.15. The van der Waals surface area contributed by atoms with Crippen LogP contribution in [0.25, 0.3) is 0 Å². The first-order valence-corrected chi connectivity index (χ1v) is 6.75. The third-order valence-corrected chi connectivity index (χ3v) is 3.08. The number of ether oxygens (including phenoxy) is 1. The summed E-state index contributed by atoms with van der Waals surface area (Å²) in [5, 5.41) is 0. The van der Waals surface area contributed by atoms with Gasteiger partial charge in [-0.2, -0.15) is 0 Å². The van der Waals surface area contributed by atoms with E-state index in [0.29, 0.717) is 11.2 Å². The highest BCUT2D eigenvalue weighted by Crippen LogP contribution is 2.16. The second-order valence-electron chi connectivity index (χ2n) is 4.11. The van der Waals surface area contributed by atoms with E-state index in [2.05, 4.69) is 15.9 Å². The minimum atomic E-state index is -0.420. The summed E-state index contributed by atoms with van der Waals surface area (Å²) in [5.74, 6) is -0.261. The van der Waals surface area contributed by atoms with Crippen LogP contribution in [0, 0.1) is 5.82 Å². The predicted molar refractivity (Wildman–Crippen MR) is 75.3 cm³/mol. The van der Waals surface area contributed by atoms with Gasteiger partial charge in [0.2, 0.25) is 0 Å². The third-order valence-electron chi connectivity index (χ3n) is 2.65. The number of benzene rings is 1. The molecular formula is C14H13BrFNO3. The van der Waals surface area contributed by atoms with Crippen molar-refractivity contribution >= 4 is 21.8 Å². The number of hydrogen-bond donors (Lipinski definition) is 0. The van der Waals surface area contributed by atoms with Crippen molar-refractivity contribution in [3.8, 4) is 5.75 Å². The number of halogens is 2. The molecule has 1 amide bonds. The Hall–Kier alpha value is -1.82. The molecule has 1 aromatic heterocycles. The highest BCUT2D eigenvalue weighted by atomic mass is 79.9. The average molecular weight is 342 g/mol. The molecule has 6 heteroatoms. The normalized spacial score (nSPS) is 10.3. The molecule has 0 N–H and O–H groups in total. The van der Waals surface area contributed by atoms with E-state index < -0.39 is 5.82 Å². The number of nitrogens with zero attached hydrogens (tertiary/aromatic N) is 1. The van der Waals surface area contributed by atoms with E-state index in [1.165, 1.54) is 11.0 Å². The van der Waals surface area contributed by atoms with E-state index in [1.807, 2.05) is 0 Å². The molecule has 2 aromatic rings. The summed E-state index contributed by atoms with van der Waals surface area (Å²) in [5.41, 5.74) is 0. The van der Waals surface area contributed by atoms with E-state index in [4.69, 9.17) is 9.15 Å². The van der Waals surface area contributed by atoms with E-state index >= 15 is 0 Å². The van der Waals surface area contributed by atoms with Gasteiger partial charge in [-0.15, -0.1) is 0 Å². The Morgan fingerprint density at radius 2 is 2.10 bits per heavy atom. The third kappa shape index (κ3) is 3.60. The lowest BCUT2D eigenvalue weighted by Crippen LogP contribution is -2.30. The van der Waals surface area contributed by atoms with Crippen LogP contribution in [0.4, 0.5) is 4.39 Å². The lowest BCUT2D eigenvalue weighted by Gasteiger charge is -2.16. The number of carbonyl (C=O) groups excluding carboxylic acids is 1. The molecule has 0 spiro atoms. The monoisotopic (exact) mass is 341 g/mol. The topological polar surface area (TPSA) is 42.7 Å². The maximum atomic E-state index is 13.3. The van der Waals surface area contributed by atoms with Crippen LogP contribution in [0.5, 0.6) is 5.75 Å². The van der Waals surface area contributed by atoms with Gasteiger partial charge in [-0.05, 0) is 40.2 Å². The molecule has 20 heavy (non-hydrogen) atoms. The van der Waals surface area contributed by atoms with Crippen LogP contribution in [0.1, 0.15) is 10.6 Å². The number of amides is 1. The Labute approximate surface area is 124 Å². The molecule has 106 valence electrons. The van der Waals surface area contributed by atoms with Gasteiger partial charge in [-0.25, -0.2) is 4.39 Å². The van der Waals surface area contributed by atoms with E-state index in [1.54, 1.807) is 37.4 Å².